The summed E-state index contributed by atoms with van der Waals surface area (Å²) in [5.41, 5.74) is 2.06. The number of amides is 2. The van der Waals surface area contributed by atoms with Gasteiger partial charge in [-0.15, -0.1) is 0 Å². The second kappa shape index (κ2) is 12.5. The molecule has 0 aliphatic heterocycles. The van der Waals surface area contributed by atoms with E-state index < -0.39 is 28.5 Å². The number of carbonyl (C=O) groups is 2. The van der Waals surface area contributed by atoms with Gasteiger partial charge >= 0.3 is 0 Å². The highest BCUT2D eigenvalue weighted by Crippen LogP contribution is 2.33. The first-order valence-corrected chi connectivity index (χ1v) is 13.4. The van der Waals surface area contributed by atoms with Crippen molar-refractivity contribution in [3.63, 3.8) is 0 Å². The fourth-order valence-electron chi connectivity index (χ4n) is 3.91. The van der Waals surface area contributed by atoms with Crippen LogP contribution in [0.2, 0.25) is 0 Å². The number of anilines is 1. The van der Waals surface area contributed by atoms with Crippen molar-refractivity contribution in [1.29, 1.82) is 0 Å². The van der Waals surface area contributed by atoms with Crippen molar-refractivity contribution in [3.05, 3.63) is 83.9 Å². The van der Waals surface area contributed by atoms with Crippen molar-refractivity contribution in [2.24, 2.45) is 0 Å². The highest BCUT2D eigenvalue weighted by Gasteiger charge is 2.33. The lowest BCUT2D eigenvalue weighted by molar-refractivity contribution is -0.139. The highest BCUT2D eigenvalue weighted by molar-refractivity contribution is 7.92. The van der Waals surface area contributed by atoms with E-state index in [1.165, 1.54) is 50.4 Å². The summed E-state index contributed by atoms with van der Waals surface area (Å²) >= 11 is 0. The van der Waals surface area contributed by atoms with Crippen LogP contribution in [-0.2, 0) is 26.2 Å². The van der Waals surface area contributed by atoms with E-state index in [9.17, 15) is 18.0 Å². The largest absolute Gasteiger partial charge is 0.497 e. The van der Waals surface area contributed by atoms with Crippen LogP contribution in [-0.4, -0.2) is 59.0 Å². The van der Waals surface area contributed by atoms with Gasteiger partial charge < -0.3 is 19.7 Å². The Hall–Kier alpha value is -4.05. The molecule has 0 aliphatic carbocycles. The third-order valence-electron chi connectivity index (χ3n) is 6.17. The van der Waals surface area contributed by atoms with Crippen molar-refractivity contribution in [3.8, 4) is 11.5 Å². The van der Waals surface area contributed by atoms with E-state index in [0.717, 1.165) is 15.4 Å². The molecule has 0 aromatic heterocycles. The maximum Gasteiger partial charge on any atom is 0.264 e. The van der Waals surface area contributed by atoms with E-state index in [2.05, 4.69) is 5.32 Å². The van der Waals surface area contributed by atoms with Crippen LogP contribution in [0.5, 0.6) is 11.5 Å². The van der Waals surface area contributed by atoms with Gasteiger partial charge in [-0.3, -0.25) is 13.9 Å². The molecule has 3 aromatic carbocycles. The number of nitrogens with one attached hydrogen (secondary N) is 1. The molecule has 0 saturated heterocycles. The Balaban J connectivity index is 2.06. The number of likely N-dealkylation sites (N-methyl/N-ethyl adjacent to an activating group) is 1. The first-order valence-electron chi connectivity index (χ1n) is 12.0. The maximum absolute atomic E-state index is 13.9. The van der Waals surface area contributed by atoms with Gasteiger partial charge in [-0.25, -0.2) is 8.42 Å². The number of hydrogen-bond acceptors (Lipinski definition) is 6. The monoisotopic (exact) mass is 539 g/mol. The standard InChI is InChI=1S/C28H33N3O6S/c1-20-10-12-22(13-11-20)18-30(21(2)28(33)29-3)27(32)19-31(25-8-6-7-9-26(25)37-5)38(34,35)24-16-14-23(36-4)15-17-24/h6-17,21H,18-19H2,1-5H3,(H,29,33)/t21-/m1/s1. The summed E-state index contributed by atoms with van der Waals surface area (Å²) in [6.45, 7) is 3.13. The summed E-state index contributed by atoms with van der Waals surface area (Å²) in [7, 11) is 0.181. The maximum atomic E-state index is 13.9. The van der Waals surface area contributed by atoms with Crippen LogP contribution < -0.4 is 19.1 Å². The molecule has 0 saturated carbocycles. The Kier molecular flexibility index (Phi) is 9.35. The number of nitrogens with zero attached hydrogens (tertiary/aromatic N) is 2. The molecule has 1 N–H and O–H groups in total. The Morgan fingerprint density at radius 3 is 2.13 bits per heavy atom. The van der Waals surface area contributed by atoms with Crippen molar-refractivity contribution >= 4 is 27.5 Å². The lowest BCUT2D eigenvalue weighted by Crippen LogP contribution is -2.50. The molecular formula is C28H33N3O6S. The first-order chi connectivity index (χ1) is 18.1. The summed E-state index contributed by atoms with van der Waals surface area (Å²) in [5.74, 6) is -0.147. The fraction of sp³-hybridized carbons (Fsp3) is 0.286. The van der Waals surface area contributed by atoms with Gasteiger partial charge in [-0.05, 0) is 55.8 Å². The van der Waals surface area contributed by atoms with E-state index in [0.29, 0.717) is 5.75 Å². The normalized spacial score (nSPS) is 11.8. The second-order valence-corrected chi connectivity index (χ2v) is 10.5. The molecule has 38 heavy (non-hydrogen) atoms. The first kappa shape index (κ1) is 28.5. The van der Waals surface area contributed by atoms with E-state index >= 15 is 0 Å². The fourth-order valence-corrected chi connectivity index (χ4v) is 5.33. The molecule has 1 atom stereocenters. The third kappa shape index (κ3) is 6.44. The molecule has 0 fully saturated rings. The molecule has 10 heteroatoms. The lowest BCUT2D eigenvalue weighted by Gasteiger charge is -2.32. The van der Waals surface area contributed by atoms with Gasteiger partial charge in [0.1, 0.15) is 24.1 Å². The number of methoxy groups -OCH3 is 2. The molecule has 0 bridgehead atoms. The highest BCUT2D eigenvalue weighted by atomic mass is 32.2. The molecule has 3 aromatic rings. The van der Waals surface area contributed by atoms with Gasteiger partial charge in [0.25, 0.3) is 10.0 Å². The SMILES string of the molecule is CNC(=O)[C@@H](C)N(Cc1ccc(C)cc1)C(=O)CN(c1ccccc1OC)S(=O)(=O)c1ccc(OC)cc1. The predicted octanol–water partition coefficient (Wildman–Crippen LogP) is 3.37. The van der Waals surface area contributed by atoms with Crippen LogP contribution in [0.4, 0.5) is 5.69 Å². The molecule has 0 spiro atoms. The minimum absolute atomic E-state index is 0.0264. The summed E-state index contributed by atoms with van der Waals surface area (Å²) in [6, 6.07) is 19.2. The molecule has 202 valence electrons. The Labute approximate surface area is 224 Å². The number of rotatable bonds is 11. The van der Waals surface area contributed by atoms with Crippen LogP contribution in [0.1, 0.15) is 18.1 Å². The van der Waals surface area contributed by atoms with E-state index in [4.69, 9.17) is 9.47 Å². The zero-order valence-corrected chi connectivity index (χ0v) is 23.0. The van der Waals surface area contributed by atoms with Crippen molar-refractivity contribution in [1.82, 2.24) is 10.2 Å². The number of carbonyl (C=O) groups excluding carboxylic acids is 2. The Morgan fingerprint density at radius 1 is 0.921 bits per heavy atom. The predicted molar refractivity (Wildman–Crippen MR) is 146 cm³/mol. The van der Waals surface area contributed by atoms with Crippen LogP contribution in [0.3, 0.4) is 0 Å². The smallest absolute Gasteiger partial charge is 0.264 e. The quantitative estimate of drug-likeness (QED) is 0.401. The molecule has 2 amide bonds. The van der Waals surface area contributed by atoms with Crippen molar-refractivity contribution in [2.75, 3.05) is 32.1 Å². The average molecular weight is 540 g/mol. The van der Waals surface area contributed by atoms with Crippen LogP contribution >= 0.6 is 0 Å². The van der Waals surface area contributed by atoms with Gasteiger partial charge in [0.15, 0.2) is 0 Å². The molecular weight excluding hydrogens is 506 g/mol. The van der Waals surface area contributed by atoms with E-state index in [1.807, 2.05) is 31.2 Å². The lowest BCUT2D eigenvalue weighted by atomic mass is 10.1. The van der Waals surface area contributed by atoms with Gasteiger partial charge in [-0.2, -0.15) is 0 Å². The Bertz CT molecular complexity index is 1360. The number of para-hydroxylation sites is 2. The third-order valence-corrected chi connectivity index (χ3v) is 7.94. The van der Waals surface area contributed by atoms with Crippen LogP contribution in [0, 0.1) is 6.92 Å². The van der Waals surface area contributed by atoms with Gasteiger partial charge in [0, 0.05) is 13.6 Å². The van der Waals surface area contributed by atoms with Crippen LogP contribution in [0.15, 0.2) is 77.7 Å². The molecule has 3 rings (SSSR count). The molecule has 9 nitrogen and oxygen atoms in total. The topological polar surface area (TPSA) is 105 Å². The number of hydrogen-bond donors (Lipinski definition) is 1. The summed E-state index contributed by atoms with van der Waals surface area (Å²) in [5, 5.41) is 2.57. The molecule has 0 heterocycles. The number of benzene rings is 3. The minimum Gasteiger partial charge on any atom is -0.497 e. The average Bonchev–Trinajstić information content (AvgIpc) is 2.94. The van der Waals surface area contributed by atoms with Gasteiger partial charge in [0.05, 0.1) is 24.8 Å². The number of ether oxygens (including phenoxy) is 2. The van der Waals surface area contributed by atoms with E-state index in [1.54, 1.807) is 31.2 Å². The van der Waals surface area contributed by atoms with Crippen LogP contribution in [0.25, 0.3) is 0 Å². The summed E-state index contributed by atoms with van der Waals surface area (Å²) in [4.78, 5) is 27.7. The Morgan fingerprint density at radius 2 is 1.55 bits per heavy atom. The summed E-state index contributed by atoms with van der Waals surface area (Å²) < 4.78 is 39.4. The van der Waals surface area contributed by atoms with E-state index in [-0.39, 0.29) is 28.8 Å². The van der Waals surface area contributed by atoms with Gasteiger partial charge in [0.2, 0.25) is 11.8 Å². The minimum atomic E-state index is -4.22. The second-order valence-electron chi connectivity index (χ2n) is 8.66. The van der Waals surface area contributed by atoms with Crippen molar-refractivity contribution in [2.45, 2.75) is 31.3 Å². The molecule has 0 unspecified atom stereocenters. The van der Waals surface area contributed by atoms with Gasteiger partial charge in [-0.1, -0.05) is 42.0 Å². The summed E-state index contributed by atoms with van der Waals surface area (Å²) in [6.07, 6.45) is 0. The number of sulfonamides is 1. The number of aryl methyl sites for hydroxylation is 1. The zero-order valence-electron chi connectivity index (χ0n) is 22.2. The molecule has 0 radical (unpaired) electrons. The molecule has 0 aliphatic rings. The zero-order chi connectivity index (χ0) is 27.9. The van der Waals surface area contributed by atoms with Crippen molar-refractivity contribution < 1.29 is 27.5 Å².